The van der Waals surface area contributed by atoms with E-state index in [1.54, 1.807) is 6.92 Å². The largest absolute Gasteiger partial charge is 0.354 e. The Hall–Kier alpha value is -3.08. The maximum Gasteiger partial charge on any atom is 0.260 e. The number of benzene rings is 1. The molecule has 0 bridgehead atoms. The predicted octanol–water partition coefficient (Wildman–Crippen LogP) is 3.25. The van der Waals surface area contributed by atoms with Gasteiger partial charge in [0.15, 0.2) is 5.82 Å². The van der Waals surface area contributed by atoms with Crippen LogP contribution >= 0.6 is 0 Å². The summed E-state index contributed by atoms with van der Waals surface area (Å²) in [5, 5.41) is 3.54. The van der Waals surface area contributed by atoms with Crippen molar-refractivity contribution in [1.82, 2.24) is 14.5 Å². The fourth-order valence-corrected chi connectivity index (χ4v) is 4.57. The Morgan fingerprint density at radius 1 is 1.25 bits per heavy atom. The number of nitrogens with zero attached hydrogens (tertiary/aromatic N) is 3. The van der Waals surface area contributed by atoms with Gasteiger partial charge in [0.25, 0.3) is 5.56 Å². The van der Waals surface area contributed by atoms with Crippen LogP contribution in [0.2, 0.25) is 0 Å². The van der Waals surface area contributed by atoms with Gasteiger partial charge in [-0.1, -0.05) is 6.92 Å². The number of halogens is 2. The van der Waals surface area contributed by atoms with Crippen LogP contribution in [-0.2, 0) is 17.1 Å². The molecule has 32 heavy (non-hydrogen) atoms. The molecule has 1 aliphatic rings. The van der Waals surface area contributed by atoms with Gasteiger partial charge in [-0.05, 0) is 43.4 Å². The second-order valence-electron chi connectivity index (χ2n) is 7.92. The Morgan fingerprint density at radius 2 is 2.00 bits per heavy atom. The van der Waals surface area contributed by atoms with Crippen molar-refractivity contribution in [2.24, 2.45) is 13.0 Å². The number of aryl methyl sites for hydroxylation is 1. The molecular weight excluding hydrogens is 440 g/mol. The van der Waals surface area contributed by atoms with Gasteiger partial charge in [0.05, 0.1) is 22.6 Å². The number of aromatic nitrogens is 3. The van der Waals surface area contributed by atoms with Gasteiger partial charge in [-0.2, -0.15) is 4.98 Å². The van der Waals surface area contributed by atoms with Gasteiger partial charge in [-0.25, -0.2) is 22.2 Å². The van der Waals surface area contributed by atoms with Crippen LogP contribution in [0.15, 0.2) is 29.2 Å². The number of nitrogens with one attached hydrogen (secondary N) is 2. The molecule has 0 aliphatic heterocycles. The third kappa shape index (κ3) is 4.43. The van der Waals surface area contributed by atoms with Crippen molar-refractivity contribution in [3.05, 3.63) is 46.4 Å². The van der Waals surface area contributed by atoms with E-state index in [2.05, 4.69) is 20.0 Å². The zero-order chi connectivity index (χ0) is 23.0. The van der Waals surface area contributed by atoms with Crippen LogP contribution in [0.5, 0.6) is 0 Å². The number of sulfonamides is 1. The summed E-state index contributed by atoms with van der Waals surface area (Å²) in [6.45, 7) is 2.41. The summed E-state index contributed by atoms with van der Waals surface area (Å²) >= 11 is 0. The van der Waals surface area contributed by atoms with Gasteiger partial charge in [0, 0.05) is 25.2 Å². The molecule has 0 amide bonds. The first-order valence-corrected chi connectivity index (χ1v) is 11.9. The SMILES string of the molecule is CCCS(=O)(=O)Nc1ccc(F)c(-c2cc3cnc(NCC4CC4)nc3n(C)c2=O)c1F. The summed E-state index contributed by atoms with van der Waals surface area (Å²) in [4.78, 5) is 21.6. The molecule has 0 radical (unpaired) electrons. The minimum Gasteiger partial charge on any atom is -0.354 e. The van der Waals surface area contributed by atoms with Gasteiger partial charge in [0.1, 0.15) is 11.5 Å². The molecule has 4 rings (SSSR count). The Kier molecular flexibility index (Phi) is 5.85. The van der Waals surface area contributed by atoms with Crippen LogP contribution in [0.25, 0.3) is 22.2 Å². The lowest BCUT2D eigenvalue weighted by Crippen LogP contribution is -2.22. The van der Waals surface area contributed by atoms with Crippen LogP contribution in [0.4, 0.5) is 20.4 Å². The molecule has 0 unspecified atom stereocenters. The summed E-state index contributed by atoms with van der Waals surface area (Å²) < 4.78 is 57.3. The highest BCUT2D eigenvalue weighted by atomic mass is 32.2. The molecule has 0 spiro atoms. The summed E-state index contributed by atoms with van der Waals surface area (Å²) in [6, 6.07) is 3.23. The quantitative estimate of drug-likeness (QED) is 0.531. The van der Waals surface area contributed by atoms with Crippen molar-refractivity contribution in [3.8, 4) is 11.1 Å². The fraction of sp³-hybridized carbons (Fsp3) is 0.381. The molecule has 170 valence electrons. The lowest BCUT2D eigenvalue weighted by molar-refractivity contribution is 0.587. The van der Waals surface area contributed by atoms with Gasteiger partial charge >= 0.3 is 0 Å². The molecule has 3 aromatic rings. The van der Waals surface area contributed by atoms with E-state index in [-0.39, 0.29) is 11.3 Å². The first-order valence-electron chi connectivity index (χ1n) is 10.3. The summed E-state index contributed by atoms with van der Waals surface area (Å²) in [7, 11) is -2.35. The first kappa shape index (κ1) is 22.1. The van der Waals surface area contributed by atoms with Crippen molar-refractivity contribution >= 4 is 32.7 Å². The summed E-state index contributed by atoms with van der Waals surface area (Å²) in [5.41, 5.74) is -1.65. The smallest absolute Gasteiger partial charge is 0.260 e. The Morgan fingerprint density at radius 3 is 2.69 bits per heavy atom. The van der Waals surface area contributed by atoms with Crippen LogP contribution in [-0.4, -0.2) is 35.3 Å². The predicted molar refractivity (Wildman–Crippen MR) is 119 cm³/mol. The number of hydrogen-bond donors (Lipinski definition) is 2. The van der Waals surface area contributed by atoms with Crippen molar-refractivity contribution in [1.29, 1.82) is 0 Å². The maximum atomic E-state index is 15.2. The van der Waals surface area contributed by atoms with Gasteiger partial charge in [-0.15, -0.1) is 0 Å². The monoisotopic (exact) mass is 463 g/mol. The summed E-state index contributed by atoms with van der Waals surface area (Å²) in [6.07, 6.45) is 4.12. The first-order chi connectivity index (χ1) is 15.2. The Bertz CT molecular complexity index is 1350. The third-order valence-corrected chi connectivity index (χ3v) is 6.77. The van der Waals surface area contributed by atoms with E-state index >= 15 is 4.39 Å². The number of hydrogen-bond acceptors (Lipinski definition) is 6. The Labute approximate surface area is 183 Å². The van der Waals surface area contributed by atoms with Crippen molar-refractivity contribution in [2.75, 3.05) is 22.3 Å². The number of pyridine rings is 1. The molecule has 1 fully saturated rings. The van der Waals surface area contributed by atoms with Crippen LogP contribution in [0.1, 0.15) is 26.2 Å². The number of fused-ring (bicyclic) bond motifs is 1. The number of anilines is 2. The van der Waals surface area contributed by atoms with E-state index in [4.69, 9.17) is 0 Å². The van der Waals surface area contributed by atoms with E-state index in [0.717, 1.165) is 31.5 Å². The van der Waals surface area contributed by atoms with E-state index < -0.39 is 38.5 Å². The van der Waals surface area contributed by atoms with Crippen LogP contribution in [0, 0.1) is 17.6 Å². The molecule has 11 heteroatoms. The Balaban J connectivity index is 1.79. The molecule has 2 N–H and O–H groups in total. The average Bonchev–Trinajstić information content (AvgIpc) is 3.57. The van der Waals surface area contributed by atoms with Crippen LogP contribution in [0.3, 0.4) is 0 Å². The van der Waals surface area contributed by atoms with Gasteiger partial charge < -0.3 is 5.32 Å². The normalized spacial score (nSPS) is 14.0. The molecule has 1 aliphatic carbocycles. The zero-order valence-electron chi connectivity index (χ0n) is 17.7. The highest BCUT2D eigenvalue weighted by Gasteiger charge is 2.23. The van der Waals surface area contributed by atoms with Gasteiger partial charge in [-0.3, -0.25) is 14.1 Å². The minimum absolute atomic E-state index is 0.217. The molecule has 2 heterocycles. The standard InChI is InChI=1S/C21H23F2N5O3S/c1-3-8-32(30,31)27-16-7-6-15(22)17(18(16)23)14-9-13-11-25-21(24-10-12-4-5-12)26-19(13)28(2)20(14)29/h6-7,9,11-12,27H,3-5,8,10H2,1-2H3,(H,24,25,26). The number of rotatable bonds is 8. The third-order valence-electron chi connectivity index (χ3n) is 5.29. The molecule has 0 saturated heterocycles. The van der Waals surface area contributed by atoms with E-state index in [9.17, 15) is 17.6 Å². The molecule has 0 atom stereocenters. The zero-order valence-corrected chi connectivity index (χ0v) is 18.5. The second kappa shape index (κ2) is 8.45. The highest BCUT2D eigenvalue weighted by molar-refractivity contribution is 7.92. The fourth-order valence-electron chi connectivity index (χ4n) is 3.43. The van der Waals surface area contributed by atoms with E-state index in [0.29, 0.717) is 29.3 Å². The van der Waals surface area contributed by atoms with Gasteiger partial charge in [0.2, 0.25) is 16.0 Å². The van der Waals surface area contributed by atoms with Crippen molar-refractivity contribution < 1.29 is 17.2 Å². The molecular formula is C21H23F2N5O3S. The van der Waals surface area contributed by atoms with Crippen molar-refractivity contribution in [2.45, 2.75) is 26.2 Å². The lowest BCUT2D eigenvalue weighted by Gasteiger charge is -2.14. The topological polar surface area (TPSA) is 106 Å². The van der Waals surface area contributed by atoms with E-state index in [1.807, 2.05) is 0 Å². The molecule has 2 aromatic heterocycles. The molecule has 1 aromatic carbocycles. The summed E-state index contributed by atoms with van der Waals surface area (Å²) in [5.74, 6) is -1.39. The minimum atomic E-state index is -3.81. The second-order valence-corrected chi connectivity index (χ2v) is 9.77. The molecule has 8 nitrogen and oxygen atoms in total. The van der Waals surface area contributed by atoms with Crippen LogP contribution < -0.4 is 15.6 Å². The lowest BCUT2D eigenvalue weighted by atomic mass is 10.0. The maximum absolute atomic E-state index is 15.2. The highest BCUT2D eigenvalue weighted by Crippen LogP contribution is 2.31. The van der Waals surface area contributed by atoms with E-state index in [1.165, 1.54) is 23.9 Å². The molecule has 1 saturated carbocycles. The average molecular weight is 464 g/mol. The van der Waals surface area contributed by atoms with Crippen molar-refractivity contribution in [3.63, 3.8) is 0 Å².